The number of H-pyrrole nitrogens is 1. The molecule has 90 valence electrons. The Hall–Kier alpha value is -2.07. The SMILES string of the molecule is Cc1nc(-c2ncc(-c3ccc(Cl)cc3)[nH]2)co1. The molecule has 1 N–H and O–H groups in total. The van der Waals surface area contributed by atoms with E-state index >= 15 is 0 Å². The monoisotopic (exact) mass is 259 g/mol. The molecule has 18 heavy (non-hydrogen) atoms. The third-order valence-electron chi connectivity index (χ3n) is 2.59. The Bertz CT molecular complexity index is 670. The summed E-state index contributed by atoms with van der Waals surface area (Å²) < 4.78 is 5.16. The smallest absolute Gasteiger partial charge is 0.191 e. The number of nitrogens with zero attached hydrogens (tertiary/aromatic N) is 2. The van der Waals surface area contributed by atoms with Crippen molar-refractivity contribution in [3.05, 3.63) is 47.6 Å². The summed E-state index contributed by atoms with van der Waals surface area (Å²) in [5.41, 5.74) is 2.65. The van der Waals surface area contributed by atoms with Crippen LogP contribution < -0.4 is 0 Å². The molecule has 1 aromatic carbocycles. The Balaban J connectivity index is 1.96. The van der Waals surface area contributed by atoms with E-state index in [1.807, 2.05) is 24.3 Å². The molecule has 4 nitrogen and oxygen atoms in total. The molecule has 2 heterocycles. The summed E-state index contributed by atoms with van der Waals surface area (Å²) in [4.78, 5) is 11.7. The first-order valence-electron chi connectivity index (χ1n) is 5.46. The van der Waals surface area contributed by atoms with E-state index in [1.165, 1.54) is 0 Å². The summed E-state index contributed by atoms with van der Waals surface area (Å²) in [5, 5.41) is 0.714. The summed E-state index contributed by atoms with van der Waals surface area (Å²) in [6.45, 7) is 1.80. The van der Waals surface area contributed by atoms with Crippen LogP contribution in [-0.2, 0) is 0 Å². The zero-order chi connectivity index (χ0) is 12.5. The van der Waals surface area contributed by atoms with Crippen molar-refractivity contribution in [2.75, 3.05) is 0 Å². The second-order valence-electron chi connectivity index (χ2n) is 3.90. The lowest BCUT2D eigenvalue weighted by Crippen LogP contribution is -1.81. The molecule has 0 radical (unpaired) electrons. The molecule has 0 spiro atoms. The largest absolute Gasteiger partial charge is 0.449 e. The van der Waals surface area contributed by atoms with Crippen LogP contribution in [0.2, 0.25) is 5.02 Å². The van der Waals surface area contributed by atoms with Gasteiger partial charge in [-0.05, 0) is 17.7 Å². The zero-order valence-corrected chi connectivity index (χ0v) is 10.4. The normalized spacial score (nSPS) is 10.8. The van der Waals surface area contributed by atoms with E-state index in [9.17, 15) is 0 Å². The van der Waals surface area contributed by atoms with E-state index in [-0.39, 0.29) is 0 Å². The number of nitrogens with one attached hydrogen (secondary N) is 1. The predicted molar refractivity (Wildman–Crippen MR) is 69.3 cm³/mol. The molecule has 2 aromatic heterocycles. The third-order valence-corrected chi connectivity index (χ3v) is 2.84. The van der Waals surface area contributed by atoms with Gasteiger partial charge in [0.25, 0.3) is 0 Å². The van der Waals surface area contributed by atoms with Crippen molar-refractivity contribution < 1.29 is 4.42 Å². The molecule has 3 aromatic rings. The third kappa shape index (κ3) is 2.02. The van der Waals surface area contributed by atoms with Crippen molar-refractivity contribution in [3.8, 4) is 22.8 Å². The van der Waals surface area contributed by atoms with Gasteiger partial charge in [-0.25, -0.2) is 9.97 Å². The molecule has 3 rings (SSSR count). The minimum absolute atomic E-state index is 0.620. The van der Waals surface area contributed by atoms with Gasteiger partial charge in [0.1, 0.15) is 12.0 Å². The fraction of sp³-hybridized carbons (Fsp3) is 0.0769. The maximum absolute atomic E-state index is 5.85. The number of halogens is 1. The second-order valence-corrected chi connectivity index (χ2v) is 4.34. The van der Waals surface area contributed by atoms with Crippen LogP contribution in [-0.4, -0.2) is 15.0 Å². The van der Waals surface area contributed by atoms with Gasteiger partial charge < -0.3 is 9.40 Å². The van der Waals surface area contributed by atoms with Crippen molar-refractivity contribution in [2.45, 2.75) is 6.92 Å². The van der Waals surface area contributed by atoms with Crippen LogP contribution in [0, 0.1) is 6.92 Å². The molecule has 0 unspecified atom stereocenters. The average molecular weight is 260 g/mol. The first kappa shape index (κ1) is 11.0. The molecular weight excluding hydrogens is 250 g/mol. The zero-order valence-electron chi connectivity index (χ0n) is 9.64. The van der Waals surface area contributed by atoms with Crippen LogP contribution >= 0.6 is 11.6 Å². The van der Waals surface area contributed by atoms with Crippen LogP contribution in [0.4, 0.5) is 0 Å². The maximum atomic E-state index is 5.85. The summed E-state index contributed by atoms with van der Waals surface area (Å²) in [6, 6.07) is 7.57. The Morgan fingerprint density at radius 3 is 2.67 bits per heavy atom. The summed E-state index contributed by atoms with van der Waals surface area (Å²) in [6.07, 6.45) is 3.35. The van der Waals surface area contributed by atoms with Crippen LogP contribution in [0.3, 0.4) is 0 Å². The molecule has 0 atom stereocenters. The highest BCUT2D eigenvalue weighted by Gasteiger charge is 2.08. The average Bonchev–Trinajstić information content (AvgIpc) is 2.98. The predicted octanol–water partition coefficient (Wildman–Crippen LogP) is 3.69. The van der Waals surface area contributed by atoms with Crippen molar-refractivity contribution in [3.63, 3.8) is 0 Å². The van der Waals surface area contributed by atoms with Gasteiger partial charge in [0.15, 0.2) is 11.7 Å². The van der Waals surface area contributed by atoms with Crippen LogP contribution in [0.5, 0.6) is 0 Å². The first-order chi connectivity index (χ1) is 8.72. The van der Waals surface area contributed by atoms with Gasteiger partial charge in [-0.15, -0.1) is 0 Å². The lowest BCUT2D eigenvalue weighted by molar-refractivity contribution is 0.521. The first-order valence-corrected chi connectivity index (χ1v) is 5.83. The van der Waals surface area contributed by atoms with E-state index in [0.717, 1.165) is 11.3 Å². The number of rotatable bonds is 2. The number of benzene rings is 1. The molecule has 0 bridgehead atoms. The van der Waals surface area contributed by atoms with E-state index in [0.29, 0.717) is 22.4 Å². The Morgan fingerprint density at radius 1 is 1.22 bits per heavy atom. The van der Waals surface area contributed by atoms with Gasteiger partial charge in [0.05, 0.1) is 11.9 Å². The standard InChI is InChI=1S/C13H10ClN3O/c1-8-16-12(7-18-8)13-15-6-11(17-13)9-2-4-10(14)5-3-9/h2-7H,1H3,(H,15,17). The summed E-state index contributed by atoms with van der Waals surface area (Å²) in [7, 11) is 0. The van der Waals surface area contributed by atoms with Crippen LogP contribution in [0.1, 0.15) is 5.89 Å². The minimum atomic E-state index is 0.620. The number of aromatic nitrogens is 3. The van der Waals surface area contributed by atoms with Crippen molar-refractivity contribution >= 4 is 11.6 Å². The Labute approximate surface area is 109 Å². The van der Waals surface area contributed by atoms with Gasteiger partial charge in [0.2, 0.25) is 0 Å². The van der Waals surface area contributed by atoms with Gasteiger partial charge in [-0.3, -0.25) is 0 Å². The van der Waals surface area contributed by atoms with E-state index in [2.05, 4.69) is 15.0 Å². The molecule has 0 aliphatic rings. The van der Waals surface area contributed by atoms with Crippen LogP contribution in [0.15, 0.2) is 41.1 Å². The molecule has 0 aliphatic carbocycles. The maximum Gasteiger partial charge on any atom is 0.191 e. The minimum Gasteiger partial charge on any atom is -0.449 e. The fourth-order valence-corrected chi connectivity index (χ4v) is 1.83. The fourth-order valence-electron chi connectivity index (χ4n) is 1.70. The number of aryl methyl sites for hydroxylation is 1. The molecule has 0 aliphatic heterocycles. The second kappa shape index (κ2) is 4.31. The number of oxazole rings is 1. The number of hydrogen-bond acceptors (Lipinski definition) is 3. The van der Waals surface area contributed by atoms with E-state index in [1.54, 1.807) is 19.4 Å². The number of imidazole rings is 1. The highest BCUT2D eigenvalue weighted by molar-refractivity contribution is 6.30. The lowest BCUT2D eigenvalue weighted by Gasteiger charge is -1.96. The Kier molecular flexibility index (Phi) is 2.64. The van der Waals surface area contributed by atoms with E-state index < -0.39 is 0 Å². The summed E-state index contributed by atoms with van der Waals surface area (Å²) in [5.74, 6) is 1.31. The molecular formula is C13H10ClN3O. The van der Waals surface area contributed by atoms with Crippen molar-refractivity contribution in [2.24, 2.45) is 0 Å². The highest BCUT2D eigenvalue weighted by Crippen LogP contribution is 2.22. The highest BCUT2D eigenvalue weighted by atomic mass is 35.5. The van der Waals surface area contributed by atoms with Gasteiger partial charge in [-0.1, -0.05) is 23.7 Å². The van der Waals surface area contributed by atoms with Gasteiger partial charge >= 0.3 is 0 Å². The lowest BCUT2D eigenvalue weighted by atomic mass is 10.2. The van der Waals surface area contributed by atoms with Gasteiger partial charge in [-0.2, -0.15) is 0 Å². The van der Waals surface area contributed by atoms with Gasteiger partial charge in [0, 0.05) is 11.9 Å². The van der Waals surface area contributed by atoms with Crippen molar-refractivity contribution in [1.82, 2.24) is 15.0 Å². The molecule has 0 fully saturated rings. The van der Waals surface area contributed by atoms with Crippen LogP contribution in [0.25, 0.3) is 22.8 Å². The van der Waals surface area contributed by atoms with Crippen molar-refractivity contribution in [1.29, 1.82) is 0 Å². The quantitative estimate of drug-likeness (QED) is 0.764. The van der Waals surface area contributed by atoms with E-state index in [4.69, 9.17) is 16.0 Å². The topological polar surface area (TPSA) is 54.7 Å². The Morgan fingerprint density at radius 2 is 2.00 bits per heavy atom. The molecule has 0 amide bonds. The molecule has 0 saturated heterocycles. The summed E-state index contributed by atoms with van der Waals surface area (Å²) >= 11 is 5.85. The number of hydrogen-bond donors (Lipinski definition) is 1. The molecule has 0 saturated carbocycles. The molecule has 5 heteroatoms. The number of aromatic amines is 1.